The third-order valence-electron chi connectivity index (χ3n) is 1.90. The Bertz CT molecular complexity index is 382. The molecule has 1 rings (SSSR count). The average Bonchev–Trinajstić information content (AvgIpc) is 2.15. The second-order valence-electron chi connectivity index (χ2n) is 3.71. The number of phenols is 1. The predicted octanol–water partition coefficient (Wildman–Crippen LogP) is 3.64. The van der Waals surface area contributed by atoms with E-state index in [2.05, 4.69) is 6.58 Å². The minimum absolute atomic E-state index is 0.233. The van der Waals surface area contributed by atoms with Crippen LogP contribution in [0, 0.1) is 0 Å². The van der Waals surface area contributed by atoms with Gasteiger partial charge in [0.05, 0.1) is 0 Å². The molecule has 0 aliphatic heterocycles. The Morgan fingerprint density at radius 1 is 1.13 bits per heavy atom. The summed E-state index contributed by atoms with van der Waals surface area (Å²) in [6, 6.07) is 6.63. The Morgan fingerprint density at radius 3 is 2.07 bits per heavy atom. The smallest absolute Gasteiger partial charge is 0.128 e. The molecule has 0 saturated heterocycles. The van der Waals surface area contributed by atoms with Crippen LogP contribution in [0.1, 0.15) is 20.8 Å². The lowest BCUT2D eigenvalue weighted by Crippen LogP contribution is -1.98. The van der Waals surface area contributed by atoms with Gasteiger partial charge in [0, 0.05) is 0 Å². The summed E-state index contributed by atoms with van der Waals surface area (Å²) in [5.41, 5.74) is 1.97. The molecule has 80 valence electrons. The Morgan fingerprint density at radius 2 is 1.67 bits per heavy atom. The standard InChI is InChI=1S/C13H16O2/c1-9(2)13(10(3)4)15-12-7-5-11(14)6-8-12/h5-8,14H,1H2,2-4H3. The summed E-state index contributed by atoms with van der Waals surface area (Å²) in [5, 5.41) is 9.12. The molecule has 0 radical (unpaired) electrons. The molecule has 0 spiro atoms. The fourth-order valence-electron chi connectivity index (χ4n) is 1.25. The third-order valence-corrected chi connectivity index (χ3v) is 1.90. The van der Waals surface area contributed by atoms with Gasteiger partial charge in [-0.05, 0) is 56.2 Å². The lowest BCUT2D eigenvalue weighted by molar-refractivity contribution is 0.427. The fraction of sp³-hybridized carbons (Fsp3) is 0.231. The zero-order valence-corrected chi connectivity index (χ0v) is 9.37. The van der Waals surface area contributed by atoms with Gasteiger partial charge in [0.25, 0.3) is 0 Å². The Kier molecular flexibility index (Phi) is 3.56. The zero-order chi connectivity index (χ0) is 11.4. The van der Waals surface area contributed by atoms with Crippen molar-refractivity contribution in [3.8, 4) is 11.5 Å². The summed E-state index contributed by atoms with van der Waals surface area (Å²) in [6.45, 7) is 9.72. The van der Waals surface area contributed by atoms with Gasteiger partial charge in [0.2, 0.25) is 0 Å². The number of aromatic hydroxyl groups is 1. The molecule has 0 heterocycles. The molecule has 0 aliphatic carbocycles. The van der Waals surface area contributed by atoms with E-state index in [1.807, 2.05) is 20.8 Å². The van der Waals surface area contributed by atoms with E-state index in [1.54, 1.807) is 24.3 Å². The molecule has 0 aliphatic rings. The second-order valence-corrected chi connectivity index (χ2v) is 3.71. The molecule has 15 heavy (non-hydrogen) atoms. The molecule has 0 fully saturated rings. The predicted molar refractivity (Wildman–Crippen MR) is 61.9 cm³/mol. The van der Waals surface area contributed by atoms with Gasteiger partial charge in [0.15, 0.2) is 0 Å². The van der Waals surface area contributed by atoms with Gasteiger partial charge in [-0.2, -0.15) is 0 Å². The highest BCUT2D eigenvalue weighted by atomic mass is 16.5. The zero-order valence-electron chi connectivity index (χ0n) is 9.37. The maximum atomic E-state index is 9.12. The van der Waals surface area contributed by atoms with Crippen LogP contribution in [0.25, 0.3) is 0 Å². The summed E-state index contributed by atoms with van der Waals surface area (Å²) < 4.78 is 5.66. The van der Waals surface area contributed by atoms with Crippen LogP contribution in [0.3, 0.4) is 0 Å². The van der Waals surface area contributed by atoms with Crippen LogP contribution >= 0.6 is 0 Å². The van der Waals surface area contributed by atoms with Gasteiger partial charge < -0.3 is 9.84 Å². The molecule has 0 unspecified atom stereocenters. The minimum Gasteiger partial charge on any atom is -0.508 e. The maximum Gasteiger partial charge on any atom is 0.128 e. The van der Waals surface area contributed by atoms with E-state index in [4.69, 9.17) is 9.84 Å². The van der Waals surface area contributed by atoms with Crippen LogP contribution in [0.15, 0.2) is 47.7 Å². The first-order valence-corrected chi connectivity index (χ1v) is 4.81. The van der Waals surface area contributed by atoms with E-state index in [9.17, 15) is 0 Å². The van der Waals surface area contributed by atoms with Gasteiger partial charge in [-0.3, -0.25) is 0 Å². The molecular formula is C13H16O2. The van der Waals surface area contributed by atoms with Gasteiger partial charge in [-0.1, -0.05) is 6.58 Å². The van der Waals surface area contributed by atoms with Crippen molar-refractivity contribution >= 4 is 0 Å². The lowest BCUT2D eigenvalue weighted by Gasteiger charge is -2.11. The van der Waals surface area contributed by atoms with E-state index >= 15 is 0 Å². The van der Waals surface area contributed by atoms with Crippen molar-refractivity contribution in [2.24, 2.45) is 0 Å². The Hall–Kier alpha value is -1.70. The molecule has 0 aromatic heterocycles. The summed E-state index contributed by atoms with van der Waals surface area (Å²) in [5.74, 6) is 1.73. The summed E-state index contributed by atoms with van der Waals surface area (Å²) in [4.78, 5) is 0. The minimum atomic E-state index is 0.233. The molecular weight excluding hydrogens is 188 g/mol. The van der Waals surface area contributed by atoms with E-state index < -0.39 is 0 Å². The van der Waals surface area contributed by atoms with E-state index in [1.165, 1.54) is 0 Å². The number of rotatable bonds is 3. The maximum absolute atomic E-state index is 9.12. The quantitative estimate of drug-likeness (QED) is 0.601. The molecule has 2 nitrogen and oxygen atoms in total. The monoisotopic (exact) mass is 204 g/mol. The highest BCUT2D eigenvalue weighted by Crippen LogP contribution is 2.22. The molecule has 0 atom stereocenters. The number of allylic oxidation sites excluding steroid dienone is 2. The molecule has 0 saturated carbocycles. The SMILES string of the molecule is C=C(C)C(Oc1ccc(O)cc1)=C(C)C. The molecule has 0 amide bonds. The van der Waals surface area contributed by atoms with Crippen molar-refractivity contribution in [1.82, 2.24) is 0 Å². The number of hydrogen-bond acceptors (Lipinski definition) is 2. The van der Waals surface area contributed by atoms with Crippen LogP contribution in [0.2, 0.25) is 0 Å². The van der Waals surface area contributed by atoms with Crippen LogP contribution in [0.5, 0.6) is 11.5 Å². The Labute approximate surface area is 90.5 Å². The number of hydrogen-bond donors (Lipinski definition) is 1. The normalized spacial score (nSPS) is 9.53. The fourth-order valence-corrected chi connectivity index (χ4v) is 1.25. The highest BCUT2D eigenvalue weighted by Gasteiger charge is 2.03. The van der Waals surface area contributed by atoms with Crippen molar-refractivity contribution in [3.05, 3.63) is 47.7 Å². The largest absolute Gasteiger partial charge is 0.508 e. The summed E-state index contributed by atoms with van der Waals surface area (Å²) in [6.07, 6.45) is 0. The molecule has 1 N–H and O–H groups in total. The Balaban J connectivity index is 2.90. The first kappa shape index (κ1) is 11.4. The van der Waals surface area contributed by atoms with Gasteiger partial charge in [-0.15, -0.1) is 0 Å². The van der Waals surface area contributed by atoms with Gasteiger partial charge >= 0.3 is 0 Å². The van der Waals surface area contributed by atoms with Gasteiger partial charge in [0.1, 0.15) is 17.3 Å². The second kappa shape index (κ2) is 4.69. The van der Waals surface area contributed by atoms with Crippen molar-refractivity contribution in [2.45, 2.75) is 20.8 Å². The lowest BCUT2D eigenvalue weighted by atomic mass is 10.2. The number of phenolic OH excluding ortho intramolecular Hbond substituents is 1. The summed E-state index contributed by atoms with van der Waals surface area (Å²) in [7, 11) is 0. The molecule has 1 aromatic rings. The molecule has 2 heteroatoms. The topological polar surface area (TPSA) is 29.5 Å². The number of ether oxygens (including phenoxy) is 1. The van der Waals surface area contributed by atoms with E-state index in [0.29, 0.717) is 5.75 Å². The first-order valence-electron chi connectivity index (χ1n) is 4.81. The van der Waals surface area contributed by atoms with Crippen LogP contribution in [-0.2, 0) is 0 Å². The van der Waals surface area contributed by atoms with Crippen LogP contribution in [0.4, 0.5) is 0 Å². The highest BCUT2D eigenvalue weighted by molar-refractivity contribution is 5.35. The van der Waals surface area contributed by atoms with E-state index in [0.717, 1.165) is 16.9 Å². The van der Waals surface area contributed by atoms with Crippen LogP contribution < -0.4 is 4.74 Å². The molecule has 0 bridgehead atoms. The first-order chi connectivity index (χ1) is 7.00. The average molecular weight is 204 g/mol. The van der Waals surface area contributed by atoms with Gasteiger partial charge in [-0.25, -0.2) is 0 Å². The van der Waals surface area contributed by atoms with Crippen molar-refractivity contribution in [3.63, 3.8) is 0 Å². The third kappa shape index (κ3) is 3.17. The van der Waals surface area contributed by atoms with Crippen molar-refractivity contribution in [2.75, 3.05) is 0 Å². The number of benzene rings is 1. The molecule has 1 aromatic carbocycles. The van der Waals surface area contributed by atoms with Crippen LogP contribution in [-0.4, -0.2) is 5.11 Å². The van der Waals surface area contributed by atoms with E-state index in [-0.39, 0.29) is 5.75 Å². The van der Waals surface area contributed by atoms with Crippen molar-refractivity contribution in [1.29, 1.82) is 0 Å². The summed E-state index contributed by atoms with van der Waals surface area (Å²) >= 11 is 0. The van der Waals surface area contributed by atoms with Crippen molar-refractivity contribution < 1.29 is 9.84 Å².